The van der Waals surface area contributed by atoms with Crippen LogP contribution in [0.2, 0.25) is 0 Å². The Labute approximate surface area is 178 Å². The largest absolute Gasteiger partial charge is 0.493 e. The van der Waals surface area contributed by atoms with E-state index in [0.717, 1.165) is 53.8 Å². The van der Waals surface area contributed by atoms with Crippen LogP contribution < -0.4 is 10.1 Å². The quantitative estimate of drug-likeness (QED) is 0.765. The minimum Gasteiger partial charge on any atom is -0.493 e. The maximum atomic E-state index is 14.7. The van der Waals surface area contributed by atoms with Crippen LogP contribution in [0, 0.1) is 18.7 Å². The number of nitrogens with zero attached hydrogens (tertiary/aromatic N) is 1. The Kier molecular flexibility index (Phi) is 5.58. The van der Waals surface area contributed by atoms with Gasteiger partial charge in [-0.15, -0.1) is 0 Å². The predicted octanol–water partition coefficient (Wildman–Crippen LogP) is 4.86. The minimum absolute atomic E-state index is 0.0280. The molecule has 1 amide bonds. The van der Waals surface area contributed by atoms with Crippen LogP contribution in [-0.2, 0) is 4.79 Å². The molecule has 1 N–H and O–H groups in total. The molecule has 2 saturated heterocycles. The maximum Gasteiger partial charge on any atom is 0.242 e. The summed E-state index contributed by atoms with van der Waals surface area (Å²) in [6.07, 6.45) is 2.43. The minimum atomic E-state index is -0.485. The molecule has 2 heterocycles. The predicted molar refractivity (Wildman–Crippen MR) is 117 cm³/mol. The molecule has 2 aromatic rings. The van der Waals surface area contributed by atoms with Crippen LogP contribution in [-0.4, -0.2) is 36.5 Å². The van der Waals surface area contributed by atoms with E-state index >= 15 is 0 Å². The van der Waals surface area contributed by atoms with Crippen molar-refractivity contribution in [1.82, 2.24) is 10.2 Å². The van der Waals surface area contributed by atoms with Gasteiger partial charge in [-0.1, -0.05) is 25.5 Å². The molecule has 0 aromatic heterocycles. The summed E-state index contributed by atoms with van der Waals surface area (Å²) in [4.78, 5) is 14.4. The lowest BCUT2D eigenvalue weighted by Crippen LogP contribution is -2.47. The van der Waals surface area contributed by atoms with Crippen LogP contribution in [0.25, 0.3) is 11.1 Å². The first-order chi connectivity index (χ1) is 14.3. The highest BCUT2D eigenvalue weighted by atomic mass is 19.1. The highest BCUT2D eigenvalue weighted by Gasteiger charge is 2.50. The fourth-order valence-corrected chi connectivity index (χ4v) is 4.64. The van der Waals surface area contributed by atoms with Gasteiger partial charge in [0, 0.05) is 25.2 Å². The van der Waals surface area contributed by atoms with E-state index in [9.17, 15) is 9.18 Å². The SMILES string of the molecule is Cc1ccc(OCC(C)C)c(-c2cc(F)cc([C@@H]3CC[C@]4(CCN(C)C4=O)N3)c2)c1. The molecule has 2 aromatic carbocycles. The van der Waals surface area contributed by atoms with Gasteiger partial charge in [0.05, 0.1) is 6.61 Å². The smallest absolute Gasteiger partial charge is 0.242 e. The maximum absolute atomic E-state index is 14.7. The van der Waals surface area contributed by atoms with Gasteiger partial charge in [0.2, 0.25) is 5.91 Å². The lowest BCUT2D eigenvalue weighted by Gasteiger charge is -2.24. The molecule has 160 valence electrons. The zero-order chi connectivity index (χ0) is 21.5. The Bertz CT molecular complexity index is 958. The van der Waals surface area contributed by atoms with Gasteiger partial charge in [0.25, 0.3) is 0 Å². The fraction of sp³-hybridized carbons (Fsp3) is 0.480. The zero-order valence-electron chi connectivity index (χ0n) is 18.3. The number of likely N-dealkylation sites (tertiary alicyclic amines) is 1. The number of benzene rings is 2. The van der Waals surface area contributed by atoms with Crippen LogP contribution in [0.3, 0.4) is 0 Å². The van der Waals surface area contributed by atoms with E-state index in [1.54, 1.807) is 17.0 Å². The molecule has 0 saturated carbocycles. The summed E-state index contributed by atoms with van der Waals surface area (Å²) in [7, 11) is 1.85. The van der Waals surface area contributed by atoms with E-state index in [4.69, 9.17) is 4.74 Å². The monoisotopic (exact) mass is 410 g/mol. The molecule has 0 bridgehead atoms. The molecular weight excluding hydrogens is 379 g/mol. The lowest BCUT2D eigenvalue weighted by atomic mass is 9.95. The van der Waals surface area contributed by atoms with E-state index in [1.165, 1.54) is 0 Å². The standard InChI is InChI=1S/C25H31FN2O2/c1-16(2)15-30-23-6-5-17(3)11-21(23)18-12-19(14-20(26)13-18)22-7-8-25(27-22)9-10-28(4)24(25)29/h5-6,11-14,16,22,27H,7-10,15H2,1-4H3/t22-,25+/m0/s1. The van der Waals surface area contributed by atoms with E-state index in [1.807, 2.05) is 38.2 Å². The average molecular weight is 411 g/mol. The molecule has 0 aliphatic carbocycles. The Morgan fingerprint density at radius 3 is 2.73 bits per heavy atom. The van der Waals surface area contributed by atoms with Crippen molar-refractivity contribution in [1.29, 1.82) is 0 Å². The van der Waals surface area contributed by atoms with Crippen molar-refractivity contribution in [2.75, 3.05) is 20.2 Å². The molecule has 30 heavy (non-hydrogen) atoms. The first-order valence-electron chi connectivity index (χ1n) is 10.8. The lowest BCUT2D eigenvalue weighted by molar-refractivity contribution is -0.131. The van der Waals surface area contributed by atoms with Gasteiger partial charge >= 0.3 is 0 Å². The summed E-state index contributed by atoms with van der Waals surface area (Å²) in [6.45, 7) is 7.63. The topological polar surface area (TPSA) is 41.6 Å². The summed E-state index contributed by atoms with van der Waals surface area (Å²) in [5.74, 6) is 1.07. The van der Waals surface area contributed by atoms with Crippen LogP contribution in [0.4, 0.5) is 4.39 Å². The molecule has 2 fully saturated rings. The summed E-state index contributed by atoms with van der Waals surface area (Å²) in [5.41, 5.74) is 3.22. The Morgan fingerprint density at radius 1 is 1.23 bits per heavy atom. The molecule has 2 aliphatic rings. The van der Waals surface area contributed by atoms with Gasteiger partial charge < -0.3 is 9.64 Å². The van der Waals surface area contributed by atoms with Gasteiger partial charge in [0.1, 0.15) is 17.1 Å². The molecular formula is C25H31FN2O2. The number of amides is 1. The van der Waals surface area contributed by atoms with Crippen LogP contribution in [0.15, 0.2) is 36.4 Å². The molecule has 2 atom stereocenters. The zero-order valence-corrected chi connectivity index (χ0v) is 18.3. The second kappa shape index (κ2) is 8.03. The average Bonchev–Trinajstić information content (AvgIpc) is 3.26. The number of carbonyl (C=O) groups excluding carboxylic acids is 1. The van der Waals surface area contributed by atoms with Crippen LogP contribution >= 0.6 is 0 Å². The highest BCUT2D eigenvalue weighted by molar-refractivity contribution is 5.88. The number of carbonyl (C=O) groups is 1. The number of hydrogen-bond donors (Lipinski definition) is 1. The molecule has 1 spiro atoms. The Morgan fingerprint density at radius 2 is 2.03 bits per heavy atom. The van der Waals surface area contributed by atoms with E-state index in [2.05, 4.69) is 19.2 Å². The third-order valence-corrected chi connectivity index (χ3v) is 6.28. The van der Waals surface area contributed by atoms with Crippen molar-refractivity contribution >= 4 is 5.91 Å². The summed E-state index contributed by atoms with van der Waals surface area (Å²) in [5, 5.41) is 3.55. The van der Waals surface area contributed by atoms with Gasteiger partial charge in [-0.2, -0.15) is 0 Å². The molecule has 0 unspecified atom stereocenters. The molecule has 5 heteroatoms. The van der Waals surface area contributed by atoms with E-state index in [-0.39, 0.29) is 17.8 Å². The third-order valence-electron chi connectivity index (χ3n) is 6.28. The summed E-state index contributed by atoms with van der Waals surface area (Å²) >= 11 is 0. The molecule has 2 aliphatic heterocycles. The number of rotatable bonds is 5. The van der Waals surface area contributed by atoms with E-state index in [0.29, 0.717) is 12.5 Å². The fourth-order valence-electron chi connectivity index (χ4n) is 4.64. The van der Waals surface area contributed by atoms with Crippen molar-refractivity contribution in [2.45, 2.75) is 51.6 Å². The summed E-state index contributed by atoms with van der Waals surface area (Å²) < 4.78 is 20.7. The third kappa shape index (κ3) is 3.95. The molecule has 0 radical (unpaired) electrons. The van der Waals surface area contributed by atoms with Crippen LogP contribution in [0.5, 0.6) is 5.75 Å². The van der Waals surface area contributed by atoms with Crippen molar-refractivity contribution in [3.05, 3.63) is 53.3 Å². The second-order valence-corrected chi connectivity index (χ2v) is 9.27. The van der Waals surface area contributed by atoms with Gasteiger partial charge in [-0.25, -0.2) is 4.39 Å². The van der Waals surface area contributed by atoms with Crippen molar-refractivity contribution in [3.8, 4) is 16.9 Å². The molecule has 4 rings (SSSR count). The van der Waals surface area contributed by atoms with Crippen molar-refractivity contribution in [2.24, 2.45) is 5.92 Å². The van der Waals surface area contributed by atoms with E-state index < -0.39 is 5.54 Å². The van der Waals surface area contributed by atoms with Gasteiger partial charge in [0.15, 0.2) is 0 Å². The van der Waals surface area contributed by atoms with Gasteiger partial charge in [-0.05, 0) is 73.6 Å². The first-order valence-corrected chi connectivity index (χ1v) is 10.8. The normalized spacial score (nSPS) is 23.7. The van der Waals surface area contributed by atoms with Crippen molar-refractivity contribution < 1.29 is 13.9 Å². The number of hydrogen-bond acceptors (Lipinski definition) is 3. The molecule has 4 nitrogen and oxygen atoms in total. The number of aryl methyl sites for hydroxylation is 1. The highest BCUT2D eigenvalue weighted by Crippen LogP contribution is 2.41. The van der Waals surface area contributed by atoms with Crippen LogP contribution in [0.1, 0.15) is 50.3 Å². The van der Waals surface area contributed by atoms with Gasteiger partial charge in [-0.3, -0.25) is 10.1 Å². The first kappa shape index (κ1) is 20.9. The number of halogens is 1. The summed E-state index contributed by atoms with van der Waals surface area (Å²) in [6, 6.07) is 11.2. The Balaban J connectivity index is 1.65. The second-order valence-electron chi connectivity index (χ2n) is 9.27. The number of ether oxygens (including phenoxy) is 1. The van der Waals surface area contributed by atoms with Crippen molar-refractivity contribution in [3.63, 3.8) is 0 Å². The Hall–Kier alpha value is -2.40. The number of likely N-dealkylation sites (N-methyl/N-ethyl adjacent to an activating group) is 1. The number of nitrogens with one attached hydrogen (secondary N) is 1.